The summed E-state index contributed by atoms with van der Waals surface area (Å²) in [4.78, 5) is 0. The van der Waals surface area contributed by atoms with E-state index in [2.05, 4.69) is 100 Å². The van der Waals surface area contributed by atoms with Gasteiger partial charge in [-0.3, -0.25) is 9.05 Å². The summed E-state index contributed by atoms with van der Waals surface area (Å²) in [5, 5.41) is 3.52. The van der Waals surface area contributed by atoms with Crippen molar-refractivity contribution in [3.63, 3.8) is 0 Å². The van der Waals surface area contributed by atoms with Crippen molar-refractivity contribution in [1.29, 1.82) is 0 Å². The number of fused-ring (bicyclic) bond motifs is 6. The zero-order chi connectivity index (χ0) is 47.6. The molecule has 0 saturated carbocycles. The number of rotatable bonds is 19. The Morgan fingerprint density at radius 1 is 0.462 bits per heavy atom. The molecule has 2 aromatic heterocycles. The monoisotopic (exact) mass is 932 g/mol. The molecule has 0 fully saturated rings. The zero-order valence-corrected chi connectivity index (χ0v) is 43.9. The molecule has 0 saturated heterocycles. The van der Waals surface area contributed by atoms with Crippen LogP contribution in [-0.4, -0.2) is 40.6 Å². The smallest absolute Gasteiger partial charge is 0.387 e. The van der Waals surface area contributed by atoms with Gasteiger partial charge in [0.05, 0.1) is 40.6 Å². The minimum atomic E-state index is -1.96. The maximum atomic E-state index is 6.99. The molecule has 0 N–H and O–H groups in total. The molecule has 0 spiro atoms. The van der Waals surface area contributed by atoms with E-state index in [0.717, 1.165) is 121 Å². The van der Waals surface area contributed by atoms with E-state index in [9.17, 15) is 0 Å². The number of benzene rings is 4. The molecule has 10 nitrogen and oxygen atoms in total. The van der Waals surface area contributed by atoms with Crippen LogP contribution < -0.4 is 28.0 Å². The maximum absolute atomic E-state index is 6.99. The van der Waals surface area contributed by atoms with Crippen molar-refractivity contribution in [2.75, 3.05) is 28.4 Å². The second kappa shape index (κ2) is 20.3. The van der Waals surface area contributed by atoms with Crippen molar-refractivity contribution in [3.05, 3.63) is 70.8 Å². The third-order valence-electron chi connectivity index (χ3n) is 13.8. The lowest BCUT2D eigenvalue weighted by molar-refractivity contribution is 0.184. The molecule has 0 aliphatic rings. The summed E-state index contributed by atoms with van der Waals surface area (Å²) in [7, 11) is 2.90. The fraction of sp³-hybridized carbons (Fsp3) is 0.547. The Balaban J connectivity index is 1.51. The van der Waals surface area contributed by atoms with Gasteiger partial charge in [-0.25, -0.2) is 0 Å². The molecule has 0 bridgehead atoms. The van der Waals surface area contributed by atoms with Crippen LogP contribution in [0.2, 0.25) is 0 Å². The lowest BCUT2D eigenvalue weighted by Crippen LogP contribution is -2.21. The van der Waals surface area contributed by atoms with Gasteiger partial charge in [-0.15, -0.1) is 0 Å². The highest BCUT2D eigenvalue weighted by Gasteiger charge is 2.30. The molecule has 0 radical (unpaired) electrons. The molecule has 6 aromatic rings. The van der Waals surface area contributed by atoms with Gasteiger partial charge in [0, 0.05) is 44.7 Å². The Labute approximate surface area is 388 Å². The number of hydrogen-bond acceptors (Lipinski definition) is 10. The van der Waals surface area contributed by atoms with Crippen LogP contribution in [0.5, 0.6) is 23.0 Å². The van der Waals surface area contributed by atoms with Gasteiger partial charge in [0.15, 0.2) is 0 Å². The first kappa shape index (κ1) is 50.2. The minimum absolute atomic E-state index is 0.247. The third-order valence-corrected chi connectivity index (χ3v) is 16.2. The van der Waals surface area contributed by atoms with Crippen molar-refractivity contribution in [3.8, 4) is 23.0 Å². The van der Waals surface area contributed by atoms with Gasteiger partial charge in [0.1, 0.15) is 45.3 Å². The molecule has 6 rings (SSSR count). The molecular weight excluding hydrogens is 859 g/mol. The van der Waals surface area contributed by atoms with Crippen LogP contribution in [0.1, 0.15) is 144 Å². The van der Waals surface area contributed by atoms with Crippen molar-refractivity contribution in [1.82, 2.24) is 0 Å². The highest BCUT2D eigenvalue weighted by Crippen LogP contribution is 2.48. The molecule has 12 heteroatoms. The Hall–Kier alpha value is -4.20. The lowest BCUT2D eigenvalue weighted by atomic mass is 9.80. The van der Waals surface area contributed by atoms with Crippen LogP contribution in [0.25, 0.3) is 43.9 Å². The van der Waals surface area contributed by atoms with Gasteiger partial charge in [0.25, 0.3) is 0 Å². The van der Waals surface area contributed by atoms with Gasteiger partial charge in [-0.1, -0.05) is 82.6 Å². The van der Waals surface area contributed by atoms with Crippen LogP contribution in [0.15, 0.2) is 65.3 Å². The Bertz CT molecular complexity index is 2620. The molecule has 0 aliphatic carbocycles. The van der Waals surface area contributed by atoms with E-state index in [1.165, 1.54) is 0 Å². The molecule has 4 aromatic carbocycles. The van der Waals surface area contributed by atoms with Gasteiger partial charge in [-0.2, -0.15) is 0 Å². The highest BCUT2D eigenvalue weighted by molar-refractivity contribution is 7.32. The summed E-state index contributed by atoms with van der Waals surface area (Å²) < 4.78 is 65.3. The van der Waals surface area contributed by atoms with Gasteiger partial charge < -0.3 is 35.7 Å². The largest absolute Gasteiger partial charge is 0.497 e. The molecular formula is C53H74O10P2. The van der Waals surface area contributed by atoms with Crippen LogP contribution in [-0.2, 0) is 22.7 Å². The van der Waals surface area contributed by atoms with E-state index in [0.29, 0.717) is 12.3 Å². The third kappa shape index (κ3) is 10.7. The van der Waals surface area contributed by atoms with Gasteiger partial charge in [-0.05, 0) is 116 Å². The maximum Gasteiger partial charge on any atom is 0.387 e. The number of ether oxygens (including phenoxy) is 4. The zero-order valence-electron chi connectivity index (χ0n) is 42.1. The molecule has 356 valence electrons. The number of methoxy groups -OCH3 is 4. The molecule has 2 unspecified atom stereocenters. The van der Waals surface area contributed by atoms with Crippen LogP contribution in [0.4, 0.5) is 0 Å². The summed E-state index contributed by atoms with van der Waals surface area (Å²) >= 11 is 0. The molecule has 0 amide bonds. The average Bonchev–Trinajstić information content (AvgIpc) is 3.54. The van der Waals surface area contributed by atoms with E-state index in [-0.39, 0.29) is 28.5 Å². The second-order valence-electron chi connectivity index (χ2n) is 19.6. The topological polar surface area (TPSA) is 108 Å². The molecule has 4 atom stereocenters. The van der Waals surface area contributed by atoms with E-state index < -0.39 is 16.5 Å². The van der Waals surface area contributed by atoms with Crippen LogP contribution in [0, 0.1) is 5.92 Å². The Kier molecular flexibility index (Phi) is 15.7. The molecule has 0 aliphatic heterocycles. The van der Waals surface area contributed by atoms with E-state index in [1.807, 2.05) is 38.1 Å². The summed E-state index contributed by atoms with van der Waals surface area (Å²) in [5.74, 6) is 3.40. The number of hydrogen-bond donors (Lipinski definition) is 0. The molecule has 2 heterocycles. The predicted molar refractivity (Wildman–Crippen MR) is 269 cm³/mol. The van der Waals surface area contributed by atoms with Crippen molar-refractivity contribution in [2.45, 2.75) is 157 Å². The van der Waals surface area contributed by atoms with Crippen molar-refractivity contribution < 1.29 is 44.8 Å². The Morgan fingerprint density at radius 3 is 1.08 bits per heavy atom. The van der Waals surface area contributed by atoms with E-state index in [4.69, 9.17) is 44.8 Å². The standard InChI is InChI=1S/C53H74O10P2/c1-18-32(5)22-35-24-36(54-14)25-40-41-26-37(55-15)29-44(51(8,9)19-2)48(41)61-64(60-47(35)40)58-33(6)23-34(7)59-65-62-49-42(27-38(56-16)30-45(49)52(10,11)20-3)43-28-39(57-17)31-46(50(43)63-65)53(12,13)21-4/h24-34H,18-23H2,1-17H3/t32?,33-,34-,64?/m1/s1. The first-order valence-electron chi connectivity index (χ1n) is 23.3. The summed E-state index contributed by atoms with van der Waals surface area (Å²) in [6.45, 7) is 28.5. The predicted octanol–water partition coefficient (Wildman–Crippen LogP) is 16.3. The SMILES string of the molecule is CCC(C)Cc1cc(OC)cc2c1op(O[C@H](C)C[C@@H](C)Op1oc3c(C(C)(C)CC)cc(OC)cc3c3cc(OC)cc(C(C)(C)CC)c3o1)oc1c(C(C)(C)CC)cc(OC)cc12. The minimum Gasteiger partial charge on any atom is -0.497 e. The van der Waals surface area contributed by atoms with Crippen molar-refractivity contribution >= 4 is 60.4 Å². The summed E-state index contributed by atoms with van der Waals surface area (Å²) in [6.07, 6.45) is 4.25. The normalized spacial score (nSPS) is 14.2. The molecule has 65 heavy (non-hydrogen) atoms. The fourth-order valence-electron chi connectivity index (χ4n) is 8.16. The first-order chi connectivity index (χ1) is 30.8. The van der Waals surface area contributed by atoms with E-state index in [1.54, 1.807) is 28.4 Å². The highest BCUT2D eigenvalue weighted by atomic mass is 31.1. The van der Waals surface area contributed by atoms with Crippen molar-refractivity contribution in [2.24, 2.45) is 5.92 Å². The average molecular weight is 933 g/mol. The summed E-state index contributed by atoms with van der Waals surface area (Å²) in [6, 6.07) is 16.5. The van der Waals surface area contributed by atoms with Crippen LogP contribution >= 0.6 is 16.5 Å². The Morgan fingerprint density at radius 2 is 0.769 bits per heavy atom. The quantitative estimate of drug-likeness (QED) is 0.0779. The van der Waals surface area contributed by atoms with Crippen LogP contribution in [0.3, 0.4) is 0 Å². The first-order valence-corrected chi connectivity index (χ1v) is 25.5. The second-order valence-corrected chi connectivity index (χ2v) is 21.7. The fourth-order valence-corrected chi connectivity index (χ4v) is 10.6. The lowest BCUT2D eigenvalue weighted by Gasteiger charge is -2.25. The van der Waals surface area contributed by atoms with E-state index >= 15 is 0 Å². The van der Waals surface area contributed by atoms with Gasteiger partial charge >= 0.3 is 16.5 Å². The summed E-state index contributed by atoms with van der Waals surface area (Å²) in [5.41, 5.74) is 6.27. The van der Waals surface area contributed by atoms with Gasteiger partial charge in [0.2, 0.25) is 0 Å².